The number of allylic oxidation sites excluding steroid dienone is 2. The molecule has 2 amide bonds. The molecule has 0 aromatic heterocycles. The molecule has 2 heterocycles. The van der Waals surface area contributed by atoms with Crippen LogP contribution in [0.15, 0.2) is 53.7 Å². The number of benzene rings is 1. The number of hydrogen-bond acceptors (Lipinski definition) is 4. The van der Waals surface area contributed by atoms with Gasteiger partial charge in [0.25, 0.3) is 5.91 Å². The van der Waals surface area contributed by atoms with Crippen molar-refractivity contribution in [1.82, 2.24) is 9.80 Å². The summed E-state index contributed by atoms with van der Waals surface area (Å²) in [5.74, 6) is 0.107. The summed E-state index contributed by atoms with van der Waals surface area (Å²) in [7, 11) is 0. The van der Waals surface area contributed by atoms with Crippen LogP contribution in [0.25, 0.3) is 0 Å². The predicted octanol–water partition coefficient (Wildman–Crippen LogP) is 2.94. The topological polar surface area (TPSA) is 65.0 Å². The first-order valence-corrected chi connectivity index (χ1v) is 9.35. The summed E-state index contributed by atoms with van der Waals surface area (Å²) >= 11 is 0. The van der Waals surface area contributed by atoms with E-state index >= 15 is 0 Å². The molecule has 1 aromatic rings. The van der Waals surface area contributed by atoms with Gasteiger partial charge in [-0.15, -0.1) is 0 Å². The summed E-state index contributed by atoms with van der Waals surface area (Å²) < 4.78 is 0. The van der Waals surface area contributed by atoms with Gasteiger partial charge in [0.2, 0.25) is 5.91 Å². The zero-order valence-electron chi connectivity index (χ0n) is 16.1. The Hall–Kier alpha value is -2.73. The van der Waals surface area contributed by atoms with Gasteiger partial charge in [0.15, 0.2) is 0 Å². The van der Waals surface area contributed by atoms with E-state index in [9.17, 15) is 9.59 Å². The standard InChI is InChI=1S/C21H26N4O2/c1-4-24(5-2)15-16-10-6-7-11-17(16)22-20(27)21(3)14-19(26)25-13-9-8-12-18(25)23-21/h6-13H,4-5,14-15H2,1-3H3,(H,22,27). The van der Waals surface area contributed by atoms with Gasteiger partial charge in [-0.3, -0.25) is 24.4 Å². The van der Waals surface area contributed by atoms with Crippen molar-refractivity contribution in [2.75, 3.05) is 18.4 Å². The van der Waals surface area contributed by atoms with Crippen molar-refractivity contribution in [3.05, 3.63) is 54.3 Å². The fraction of sp³-hybridized carbons (Fsp3) is 0.381. The molecule has 1 atom stereocenters. The first-order chi connectivity index (χ1) is 13.0. The molecule has 2 aliphatic heterocycles. The molecule has 27 heavy (non-hydrogen) atoms. The van der Waals surface area contributed by atoms with E-state index in [-0.39, 0.29) is 18.2 Å². The summed E-state index contributed by atoms with van der Waals surface area (Å²) in [5.41, 5.74) is 0.695. The van der Waals surface area contributed by atoms with Crippen LogP contribution in [-0.2, 0) is 16.1 Å². The van der Waals surface area contributed by atoms with Crippen molar-refractivity contribution in [2.24, 2.45) is 4.99 Å². The number of nitrogens with zero attached hydrogens (tertiary/aromatic N) is 3. The van der Waals surface area contributed by atoms with Crippen molar-refractivity contribution >= 4 is 23.3 Å². The first kappa shape index (κ1) is 19.0. The maximum Gasteiger partial charge on any atom is 0.252 e. The highest BCUT2D eigenvalue weighted by atomic mass is 16.2. The summed E-state index contributed by atoms with van der Waals surface area (Å²) in [5, 5.41) is 3.00. The maximum absolute atomic E-state index is 13.0. The SMILES string of the molecule is CCN(CC)Cc1ccccc1NC(=O)C1(C)CC(=O)N2C=CC=CC2=N1. The van der Waals surface area contributed by atoms with E-state index in [1.54, 1.807) is 25.3 Å². The molecule has 6 heteroatoms. The van der Waals surface area contributed by atoms with Gasteiger partial charge >= 0.3 is 0 Å². The van der Waals surface area contributed by atoms with Gasteiger partial charge in [0.1, 0.15) is 11.4 Å². The number of para-hydroxylation sites is 1. The van der Waals surface area contributed by atoms with Gasteiger partial charge in [-0.25, -0.2) is 0 Å². The van der Waals surface area contributed by atoms with Crippen LogP contribution in [0.3, 0.4) is 0 Å². The van der Waals surface area contributed by atoms with Crippen molar-refractivity contribution in [2.45, 2.75) is 39.3 Å². The number of aliphatic imine (C=N–C) groups is 1. The molecular weight excluding hydrogens is 340 g/mol. The fourth-order valence-electron chi connectivity index (χ4n) is 3.26. The minimum atomic E-state index is -1.12. The van der Waals surface area contributed by atoms with Crippen LogP contribution >= 0.6 is 0 Å². The highest BCUT2D eigenvalue weighted by molar-refractivity contribution is 6.13. The predicted molar refractivity (Wildman–Crippen MR) is 107 cm³/mol. The van der Waals surface area contributed by atoms with E-state index < -0.39 is 5.54 Å². The van der Waals surface area contributed by atoms with E-state index in [1.807, 2.05) is 30.3 Å². The number of rotatable bonds is 6. The third-order valence-corrected chi connectivity index (χ3v) is 5.01. The number of carbonyl (C=O) groups excluding carboxylic acids is 2. The van der Waals surface area contributed by atoms with Gasteiger partial charge in [0.05, 0.1) is 6.42 Å². The molecule has 0 aliphatic carbocycles. The second kappa shape index (κ2) is 7.88. The summed E-state index contributed by atoms with van der Waals surface area (Å²) in [6, 6.07) is 7.79. The average Bonchev–Trinajstić information content (AvgIpc) is 2.67. The van der Waals surface area contributed by atoms with Gasteiger partial charge in [-0.05, 0) is 43.8 Å². The summed E-state index contributed by atoms with van der Waals surface area (Å²) in [6.07, 6.45) is 7.06. The number of fused-ring (bicyclic) bond motifs is 1. The quantitative estimate of drug-likeness (QED) is 0.842. The zero-order valence-corrected chi connectivity index (χ0v) is 16.1. The number of nitrogens with one attached hydrogen (secondary N) is 1. The van der Waals surface area contributed by atoms with Crippen LogP contribution in [0, 0.1) is 0 Å². The molecule has 1 unspecified atom stereocenters. The minimum Gasteiger partial charge on any atom is -0.324 e. The number of amidine groups is 1. The average molecular weight is 366 g/mol. The lowest BCUT2D eigenvalue weighted by Gasteiger charge is -2.34. The molecule has 6 nitrogen and oxygen atoms in total. The van der Waals surface area contributed by atoms with Gasteiger partial charge < -0.3 is 5.32 Å². The monoisotopic (exact) mass is 366 g/mol. The normalized spacial score (nSPS) is 21.3. The van der Waals surface area contributed by atoms with Gasteiger partial charge in [-0.1, -0.05) is 38.1 Å². The number of anilines is 1. The molecule has 1 aromatic carbocycles. The molecule has 0 fully saturated rings. The lowest BCUT2D eigenvalue weighted by molar-refractivity contribution is -0.132. The van der Waals surface area contributed by atoms with Crippen LogP contribution < -0.4 is 5.32 Å². The van der Waals surface area contributed by atoms with E-state index in [4.69, 9.17) is 0 Å². The molecule has 0 spiro atoms. The second-order valence-corrected chi connectivity index (χ2v) is 6.96. The molecule has 0 radical (unpaired) electrons. The molecule has 142 valence electrons. The molecular formula is C21H26N4O2. The van der Waals surface area contributed by atoms with Crippen molar-refractivity contribution in [3.63, 3.8) is 0 Å². The Morgan fingerprint density at radius 3 is 2.74 bits per heavy atom. The van der Waals surface area contributed by atoms with E-state index in [2.05, 4.69) is 29.1 Å². The Kier molecular flexibility index (Phi) is 5.56. The molecule has 0 saturated carbocycles. The van der Waals surface area contributed by atoms with Gasteiger partial charge in [-0.2, -0.15) is 0 Å². The highest BCUT2D eigenvalue weighted by Gasteiger charge is 2.41. The van der Waals surface area contributed by atoms with Gasteiger partial charge in [0, 0.05) is 18.4 Å². The Morgan fingerprint density at radius 2 is 2.00 bits per heavy atom. The van der Waals surface area contributed by atoms with E-state index in [1.165, 1.54) is 4.90 Å². The van der Waals surface area contributed by atoms with Crippen LogP contribution in [-0.4, -0.2) is 46.1 Å². The fourth-order valence-corrected chi connectivity index (χ4v) is 3.26. The van der Waals surface area contributed by atoms with Crippen molar-refractivity contribution in [3.8, 4) is 0 Å². The summed E-state index contributed by atoms with van der Waals surface area (Å²) in [6.45, 7) is 8.59. The second-order valence-electron chi connectivity index (χ2n) is 6.96. The Bertz CT molecular complexity index is 823. The lowest BCUT2D eigenvalue weighted by Crippen LogP contribution is -2.50. The maximum atomic E-state index is 13.0. The van der Waals surface area contributed by atoms with Crippen LogP contribution in [0.2, 0.25) is 0 Å². The molecule has 0 bridgehead atoms. The largest absolute Gasteiger partial charge is 0.324 e. The molecule has 0 saturated heterocycles. The zero-order chi connectivity index (χ0) is 19.4. The molecule has 2 aliphatic rings. The van der Waals surface area contributed by atoms with Crippen molar-refractivity contribution < 1.29 is 9.59 Å². The third-order valence-electron chi connectivity index (χ3n) is 5.01. The number of carbonyl (C=O) groups is 2. The van der Waals surface area contributed by atoms with Crippen molar-refractivity contribution in [1.29, 1.82) is 0 Å². The first-order valence-electron chi connectivity index (χ1n) is 9.35. The number of hydrogen-bond donors (Lipinski definition) is 1. The van der Waals surface area contributed by atoms with E-state index in [0.717, 1.165) is 30.9 Å². The lowest BCUT2D eigenvalue weighted by atomic mass is 9.93. The smallest absolute Gasteiger partial charge is 0.252 e. The Balaban J connectivity index is 1.83. The van der Waals surface area contributed by atoms with E-state index in [0.29, 0.717) is 5.84 Å². The molecule has 1 N–H and O–H groups in total. The van der Waals surface area contributed by atoms with Crippen LogP contribution in [0.5, 0.6) is 0 Å². The summed E-state index contributed by atoms with van der Waals surface area (Å²) in [4.78, 5) is 33.8. The van der Waals surface area contributed by atoms with Crippen LogP contribution in [0.1, 0.15) is 32.8 Å². The Labute approximate surface area is 160 Å². The Morgan fingerprint density at radius 1 is 1.26 bits per heavy atom. The third kappa shape index (κ3) is 4.01. The van der Waals surface area contributed by atoms with Crippen LogP contribution in [0.4, 0.5) is 5.69 Å². The molecule has 3 rings (SSSR count). The minimum absolute atomic E-state index is 0.0404. The highest BCUT2D eigenvalue weighted by Crippen LogP contribution is 2.27. The number of amides is 2.